The van der Waals surface area contributed by atoms with Gasteiger partial charge in [-0.1, -0.05) is 109 Å². The quantitative estimate of drug-likeness (QED) is 0.230. The van der Waals surface area contributed by atoms with Crippen LogP contribution in [0, 0.1) is 0 Å². The van der Waals surface area contributed by atoms with Gasteiger partial charge in [-0.3, -0.25) is 0 Å². The molecular formula is C38H24O2. The van der Waals surface area contributed by atoms with E-state index in [0.29, 0.717) is 0 Å². The van der Waals surface area contributed by atoms with E-state index in [1.807, 2.05) is 24.3 Å². The van der Waals surface area contributed by atoms with Crippen molar-refractivity contribution in [3.8, 4) is 33.4 Å². The van der Waals surface area contributed by atoms with E-state index in [1.54, 1.807) is 0 Å². The number of furan rings is 2. The van der Waals surface area contributed by atoms with Crippen LogP contribution in [-0.2, 0) is 12.8 Å². The molecule has 0 amide bonds. The van der Waals surface area contributed by atoms with Gasteiger partial charge < -0.3 is 8.83 Å². The first-order valence-corrected chi connectivity index (χ1v) is 13.9. The molecule has 188 valence electrons. The fourth-order valence-corrected chi connectivity index (χ4v) is 6.68. The molecule has 40 heavy (non-hydrogen) atoms. The second kappa shape index (κ2) is 8.21. The van der Waals surface area contributed by atoms with Crippen LogP contribution >= 0.6 is 0 Å². The average molecular weight is 513 g/mol. The lowest BCUT2D eigenvalue weighted by Crippen LogP contribution is -2.04. The van der Waals surface area contributed by atoms with E-state index in [0.717, 1.165) is 46.3 Å². The highest BCUT2D eigenvalue weighted by Gasteiger charge is 2.20. The second-order valence-electron chi connectivity index (χ2n) is 10.8. The fourth-order valence-electron chi connectivity index (χ4n) is 6.68. The van der Waals surface area contributed by atoms with E-state index in [1.165, 1.54) is 54.9 Å². The monoisotopic (exact) mass is 512 g/mol. The van der Waals surface area contributed by atoms with Gasteiger partial charge in [-0.15, -0.1) is 0 Å². The maximum absolute atomic E-state index is 6.34. The number of rotatable bonds is 2. The van der Waals surface area contributed by atoms with Crippen LogP contribution in [0.5, 0.6) is 0 Å². The Morgan fingerprint density at radius 1 is 0.375 bits per heavy atom. The Morgan fingerprint density at radius 3 is 1.32 bits per heavy atom. The lowest BCUT2D eigenvalue weighted by atomic mass is 9.82. The Labute approximate surface area is 231 Å². The van der Waals surface area contributed by atoms with Crippen molar-refractivity contribution in [3.63, 3.8) is 0 Å². The predicted molar refractivity (Wildman–Crippen MR) is 165 cm³/mol. The average Bonchev–Trinajstić information content (AvgIpc) is 3.59. The highest BCUT2D eigenvalue weighted by atomic mass is 16.3. The molecular weight excluding hydrogens is 488 g/mol. The largest absolute Gasteiger partial charge is 0.455 e. The first-order valence-electron chi connectivity index (χ1n) is 13.9. The molecule has 0 saturated heterocycles. The molecule has 2 nitrogen and oxygen atoms in total. The summed E-state index contributed by atoms with van der Waals surface area (Å²) in [6, 6.07) is 43.3. The molecule has 0 bridgehead atoms. The van der Waals surface area contributed by atoms with Gasteiger partial charge in [0.2, 0.25) is 0 Å². The van der Waals surface area contributed by atoms with Crippen molar-refractivity contribution < 1.29 is 8.83 Å². The predicted octanol–water partition coefficient (Wildman–Crippen LogP) is 10.6. The highest BCUT2D eigenvalue weighted by Crippen LogP contribution is 2.42. The third kappa shape index (κ3) is 3.11. The van der Waals surface area contributed by atoms with Crippen LogP contribution in [0.4, 0.5) is 0 Å². The summed E-state index contributed by atoms with van der Waals surface area (Å²) in [5.74, 6) is 0. The van der Waals surface area contributed by atoms with E-state index in [9.17, 15) is 0 Å². The van der Waals surface area contributed by atoms with Gasteiger partial charge in [0.1, 0.15) is 22.3 Å². The summed E-state index contributed by atoms with van der Waals surface area (Å²) in [6.07, 6.45) is 2.04. The van der Waals surface area contributed by atoms with Gasteiger partial charge in [0, 0.05) is 32.7 Å². The SMILES string of the molecule is c1ccc2c(c1)oc1c(-c3ccc4c(c3)CCc3cc(-c5cccc6c5oc5ccccc56)ccc3-4)cccc12. The van der Waals surface area contributed by atoms with Crippen molar-refractivity contribution in [1.29, 1.82) is 0 Å². The third-order valence-corrected chi connectivity index (χ3v) is 8.59. The zero-order valence-corrected chi connectivity index (χ0v) is 21.8. The Hall–Kier alpha value is -5.08. The molecule has 2 heterocycles. The van der Waals surface area contributed by atoms with Crippen molar-refractivity contribution in [2.75, 3.05) is 0 Å². The maximum atomic E-state index is 6.34. The number of para-hydroxylation sites is 4. The lowest BCUT2D eigenvalue weighted by molar-refractivity contribution is 0.669. The first kappa shape index (κ1) is 21.8. The molecule has 1 aliphatic rings. The Morgan fingerprint density at radius 2 is 0.825 bits per heavy atom. The summed E-state index contributed by atoms with van der Waals surface area (Å²) in [4.78, 5) is 0. The molecule has 9 rings (SSSR count). The minimum absolute atomic E-state index is 0.936. The Bertz CT molecular complexity index is 2110. The summed E-state index contributed by atoms with van der Waals surface area (Å²) >= 11 is 0. The van der Waals surface area contributed by atoms with Crippen LogP contribution in [0.15, 0.2) is 130 Å². The number of benzene rings is 6. The molecule has 0 unspecified atom stereocenters. The molecule has 6 aromatic carbocycles. The van der Waals surface area contributed by atoms with E-state index >= 15 is 0 Å². The van der Waals surface area contributed by atoms with Crippen LogP contribution < -0.4 is 0 Å². The van der Waals surface area contributed by atoms with E-state index < -0.39 is 0 Å². The number of hydrogen-bond acceptors (Lipinski definition) is 2. The zero-order chi connectivity index (χ0) is 26.2. The summed E-state index contributed by atoms with van der Waals surface area (Å²) in [5.41, 5.74) is 14.0. The molecule has 8 aromatic rings. The molecule has 2 heteroatoms. The summed E-state index contributed by atoms with van der Waals surface area (Å²) in [7, 11) is 0. The molecule has 0 fully saturated rings. The second-order valence-corrected chi connectivity index (χ2v) is 10.8. The molecule has 0 atom stereocenters. The fraction of sp³-hybridized carbons (Fsp3) is 0.0526. The number of aryl methyl sites for hydroxylation is 2. The van der Waals surface area contributed by atoms with E-state index in [-0.39, 0.29) is 0 Å². The highest BCUT2D eigenvalue weighted by molar-refractivity contribution is 6.10. The van der Waals surface area contributed by atoms with E-state index in [4.69, 9.17) is 8.83 Å². The standard InChI is InChI=1S/C38H24O2/c1-3-13-35-31(7-1)33-11-5-9-29(37(33)39-35)25-17-19-27-23(21-25)15-16-24-22-26(18-20-28(24)27)30-10-6-12-34-32-8-2-4-14-36(32)40-38(30)34/h1-14,17-22H,15-16H2. The van der Waals surface area contributed by atoms with Crippen LogP contribution in [0.1, 0.15) is 11.1 Å². The van der Waals surface area contributed by atoms with E-state index in [2.05, 4.69) is 97.1 Å². The number of hydrogen-bond donors (Lipinski definition) is 0. The summed E-state index contributed by atoms with van der Waals surface area (Å²) < 4.78 is 12.7. The minimum Gasteiger partial charge on any atom is -0.455 e. The molecule has 0 saturated carbocycles. The smallest absolute Gasteiger partial charge is 0.143 e. The van der Waals surface area contributed by atoms with Gasteiger partial charge in [0.05, 0.1) is 0 Å². The normalized spacial score (nSPS) is 12.8. The summed E-state index contributed by atoms with van der Waals surface area (Å²) in [6.45, 7) is 0. The minimum atomic E-state index is 0.936. The molecule has 0 aliphatic heterocycles. The van der Waals surface area contributed by atoms with Crippen molar-refractivity contribution >= 4 is 43.9 Å². The lowest BCUT2D eigenvalue weighted by Gasteiger charge is -2.22. The first-order chi connectivity index (χ1) is 19.8. The van der Waals surface area contributed by atoms with Crippen molar-refractivity contribution in [1.82, 2.24) is 0 Å². The molecule has 1 aliphatic carbocycles. The van der Waals surface area contributed by atoms with Crippen LogP contribution in [0.25, 0.3) is 77.3 Å². The molecule has 0 spiro atoms. The number of fused-ring (bicyclic) bond motifs is 9. The Balaban J connectivity index is 1.14. The molecule has 0 radical (unpaired) electrons. The van der Waals surface area contributed by atoms with Crippen LogP contribution in [-0.4, -0.2) is 0 Å². The van der Waals surface area contributed by atoms with Crippen molar-refractivity contribution in [2.45, 2.75) is 12.8 Å². The molecule has 0 N–H and O–H groups in total. The van der Waals surface area contributed by atoms with Gasteiger partial charge in [0.25, 0.3) is 0 Å². The summed E-state index contributed by atoms with van der Waals surface area (Å²) in [5, 5.41) is 4.67. The maximum Gasteiger partial charge on any atom is 0.143 e. The van der Waals surface area contributed by atoms with Crippen LogP contribution in [0.2, 0.25) is 0 Å². The van der Waals surface area contributed by atoms with Crippen LogP contribution in [0.3, 0.4) is 0 Å². The van der Waals surface area contributed by atoms with Gasteiger partial charge in [-0.25, -0.2) is 0 Å². The van der Waals surface area contributed by atoms with Crippen molar-refractivity contribution in [2.24, 2.45) is 0 Å². The van der Waals surface area contributed by atoms with Gasteiger partial charge >= 0.3 is 0 Å². The van der Waals surface area contributed by atoms with Gasteiger partial charge in [0.15, 0.2) is 0 Å². The molecule has 2 aromatic heterocycles. The third-order valence-electron chi connectivity index (χ3n) is 8.59. The topological polar surface area (TPSA) is 26.3 Å². The van der Waals surface area contributed by atoms with Crippen molar-refractivity contribution in [3.05, 3.63) is 132 Å². The van der Waals surface area contributed by atoms with Gasteiger partial charge in [-0.2, -0.15) is 0 Å². The Kier molecular flexibility index (Phi) is 4.48. The van der Waals surface area contributed by atoms with Gasteiger partial charge in [-0.05, 0) is 58.4 Å². The zero-order valence-electron chi connectivity index (χ0n) is 21.8.